The average Bonchev–Trinajstić information content (AvgIpc) is 2.05. The molecule has 0 unspecified atom stereocenters. The standard InChI is InChI=1S/C5H4BrN3O2/c6-3-1-7-4(8-2-3)5(10)9-11/h1-2,11H,(H,9,10). The van der Waals surface area contributed by atoms with Crippen molar-refractivity contribution in [3.05, 3.63) is 22.7 Å². The van der Waals surface area contributed by atoms with Gasteiger partial charge in [0.1, 0.15) is 0 Å². The Balaban J connectivity index is 2.90. The molecule has 0 fully saturated rings. The highest BCUT2D eigenvalue weighted by Gasteiger charge is 2.05. The van der Waals surface area contributed by atoms with Gasteiger partial charge in [-0.2, -0.15) is 0 Å². The molecule has 11 heavy (non-hydrogen) atoms. The van der Waals surface area contributed by atoms with Crippen molar-refractivity contribution in [2.45, 2.75) is 0 Å². The van der Waals surface area contributed by atoms with Crippen molar-refractivity contribution in [2.24, 2.45) is 0 Å². The maximum atomic E-state index is 10.6. The molecule has 1 heterocycles. The third-order valence-corrected chi connectivity index (χ3v) is 1.33. The second-order valence-corrected chi connectivity index (χ2v) is 2.58. The van der Waals surface area contributed by atoms with Crippen LogP contribution in [0.3, 0.4) is 0 Å². The summed E-state index contributed by atoms with van der Waals surface area (Å²) in [6.45, 7) is 0. The molecule has 58 valence electrons. The summed E-state index contributed by atoms with van der Waals surface area (Å²) in [5, 5.41) is 8.17. The van der Waals surface area contributed by atoms with Crippen molar-refractivity contribution < 1.29 is 10.0 Å². The second kappa shape index (κ2) is 3.40. The first-order chi connectivity index (χ1) is 5.24. The van der Waals surface area contributed by atoms with E-state index in [9.17, 15) is 4.79 Å². The van der Waals surface area contributed by atoms with Gasteiger partial charge >= 0.3 is 5.91 Å². The van der Waals surface area contributed by atoms with Crippen molar-refractivity contribution in [3.8, 4) is 0 Å². The van der Waals surface area contributed by atoms with E-state index in [0.29, 0.717) is 4.47 Å². The Bertz CT molecular complexity index is 261. The molecule has 0 aliphatic rings. The van der Waals surface area contributed by atoms with E-state index in [1.54, 1.807) is 0 Å². The van der Waals surface area contributed by atoms with E-state index in [1.807, 2.05) is 0 Å². The quantitative estimate of drug-likeness (QED) is 0.527. The van der Waals surface area contributed by atoms with E-state index in [2.05, 4.69) is 25.9 Å². The molecule has 1 rings (SSSR count). The SMILES string of the molecule is O=C(NO)c1ncc(Br)cn1. The zero-order chi connectivity index (χ0) is 8.27. The van der Waals surface area contributed by atoms with E-state index >= 15 is 0 Å². The van der Waals surface area contributed by atoms with E-state index in [-0.39, 0.29) is 5.82 Å². The Kier molecular flexibility index (Phi) is 2.50. The van der Waals surface area contributed by atoms with Gasteiger partial charge in [0, 0.05) is 12.4 Å². The Labute approximate surface area is 70.6 Å². The molecule has 6 heteroatoms. The van der Waals surface area contributed by atoms with Crippen molar-refractivity contribution >= 4 is 21.8 Å². The summed E-state index contributed by atoms with van der Waals surface area (Å²) < 4.78 is 0.673. The Morgan fingerprint density at radius 1 is 1.55 bits per heavy atom. The van der Waals surface area contributed by atoms with E-state index < -0.39 is 5.91 Å². The maximum absolute atomic E-state index is 10.6. The zero-order valence-electron chi connectivity index (χ0n) is 5.28. The highest BCUT2D eigenvalue weighted by atomic mass is 79.9. The van der Waals surface area contributed by atoms with Crippen LogP contribution in [0.15, 0.2) is 16.9 Å². The average molecular weight is 218 g/mol. The lowest BCUT2D eigenvalue weighted by Crippen LogP contribution is -2.21. The third kappa shape index (κ3) is 1.95. The minimum absolute atomic E-state index is 0.0734. The summed E-state index contributed by atoms with van der Waals surface area (Å²) in [5.41, 5.74) is 1.42. The number of halogens is 1. The number of hydroxylamine groups is 1. The fourth-order valence-corrected chi connectivity index (χ4v) is 0.684. The summed E-state index contributed by atoms with van der Waals surface area (Å²) in [7, 11) is 0. The molecule has 0 bridgehead atoms. The molecule has 0 aliphatic heterocycles. The predicted molar refractivity (Wildman–Crippen MR) is 39.0 cm³/mol. The van der Waals surface area contributed by atoms with Crippen molar-refractivity contribution in [1.29, 1.82) is 0 Å². The fraction of sp³-hybridized carbons (Fsp3) is 0. The van der Waals surface area contributed by atoms with Crippen LogP contribution in [0, 0.1) is 0 Å². The van der Waals surface area contributed by atoms with Gasteiger partial charge in [0.15, 0.2) is 0 Å². The van der Waals surface area contributed by atoms with Crippen LogP contribution in [-0.4, -0.2) is 21.1 Å². The molecule has 0 spiro atoms. The van der Waals surface area contributed by atoms with Gasteiger partial charge in [0.2, 0.25) is 5.82 Å². The lowest BCUT2D eigenvalue weighted by molar-refractivity contribution is 0.0694. The van der Waals surface area contributed by atoms with E-state index in [1.165, 1.54) is 17.9 Å². The Morgan fingerprint density at radius 3 is 2.55 bits per heavy atom. The summed E-state index contributed by atoms with van der Waals surface area (Å²) >= 11 is 3.10. The maximum Gasteiger partial charge on any atom is 0.312 e. The lowest BCUT2D eigenvalue weighted by atomic mass is 10.5. The van der Waals surface area contributed by atoms with Gasteiger partial charge in [-0.05, 0) is 15.9 Å². The third-order valence-electron chi connectivity index (χ3n) is 0.925. The molecule has 0 atom stereocenters. The number of aromatic nitrogens is 2. The van der Waals surface area contributed by atoms with Gasteiger partial charge in [-0.25, -0.2) is 15.4 Å². The van der Waals surface area contributed by atoms with Crippen molar-refractivity contribution in [3.63, 3.8) is 0 Å². The van der Waals surface area contributed by atoms with Crippen LogP contribution in [0.5, 0.6) is 0 Å². The van der Waals surface area contributed by atoms with E-state index in [4.69, 9.17) is 5.21 Å². The number of nitrogens with zero attached hydrogens (tertiary/aromatic N) is 2. The predicted octanol–water partition coefficient (Wildman–Crippen LogP) is 0.358. The van der Waals surface area contributed by atoms with Crippen molar-refractivity contribution in [1.82, 2.24) is 15.4 Å². The summed E-state index contributed by atoms with van der Waals surface area (Å²) in [5.74, 6) is -0.798. The summed E-state index contributed by atoms with van der Waals surface area (Å²) in [4.78, 5) is 17.9. The van der Waals surface area contributed by atoms with Crippen LogP contribution >= 0.6 is 15.9 Å². The van der Waals surface area contributed by atoms with Gasteiger partial charge in [-0.1, -0.05) is 0 Å². The number of carbonyl (C=O) groups is 1. The van der Waals surface area contributed by atoms with Crippen LogP contribution in [0.4, 0.5) is 0 Å². The van der Waals surface area contributed by atoms with Gasteiger partial charge in [-0.15, -0.1) is 0 Å². The Morgan fingerprint density at radius 2 is 2.09 bits per heavy atom. The first-order valence-electron chi connectivity index (χ1n) is 2.66. The molecule has 2 N–H and O–H groups in total. The molecule has 1 aromatic rings. The fourth-order valence-electron chi connectivity index (χ4n) is 0.480. The second-order valence-electron chi connectivity index (χ2n) is 1.67. The zero-order valence-corrected chi connectivity index (χ0v) is 6.87. The first-order valence-corrected chi connectivity index (χ1v) is 3.45. The summed E-state index contributed by atoms with van der Waals surface area (Å²) in [6, 6.07) is 0. The summed E-state index contributed by atoms with van der Waals surface area (Å²) in [6.07, 6.45) is 2.83. The van der Waals surface area contributed by atoms with Crippen LogP contribution in [0.25, 0.3) is 0 Å². The number of nitrogens with one attached hydrogen (secondary N) is 1. The minimum atomic E-state index is -0.725. The highest BCUT2D eigenvalue weighted by Crippen LogP contribution is 2.03. The lowest BCUT2D eigenvalue weighted by Gasteiger charge is -1.94. The van der Waals surface area contributed by atoms with Crippen LogP contribution < -0.4 is 5.48 Å². The highest BCUT2D eigenvalue weighted by molar-refractivity contribution is 9.10. The molecule has 1 amide bonds. The largest absolute Gasteiger partial charge is 0.312 e. The molecule has 0 aliphatic carbocycles. The monoisotopic (exact) mass is 217 g/mol. The number of hydrogen-bond acceptors (Lipinski definition) is 4. The van der Waals surface area contributed by atoms with Gasteiger partial charge in [-0.3, -0.25) is 10.0 Å². The van der Waals surface area contributed by atoms with Crippen LogP contribution in [0.2, 0.25) is 0 Å². The number of hydrogen-bond donors (Lipinski definition) is 2. The Hall–Kier alpha value is -1.01. The van der Waals surface area contributed by atoms with E-state index in [0.717, 1.165) is 0 Å². The number of amides is 1. The van der Waals surface area contributed by atoms with Crippen molar-refractivity contribution in [2.75, 3.05) is 0 Å². The molecular formula is C5H4BrN3O2. The molecular weight excluding hydrogens is 214 g/mol. The number of carbonyl (C=O) groups excluding carboxylic acids is 1. The smallest absolute Gasteiger partial charge is 0.288 e. The molecule has 0 aromatic carbocycles. The van der Waals surface area contributed by atoms with Crippen LogP contribution in [-0.2, 0) is 0 Å². The minimum Gasteiger partial charge on any atom is -0.288 e. The van der Waals surface area contributed by atoms with Crippen LogP contribution in [0.1, 0.15) is 10.6 Å². The molecule has 0 saturated heterocycles. The molecule has 5 nitrogen and oxygen atoms in total. The number of rotatable bonds is 1. The van der Waals surface area contributed by atoms with Gasteiger partial charge < -0.3 is 0 Å². The molecule has 0 radical (unpaired) electrons. The normalized spacial score (nSPS) is 9.27. The topological polar surface area (TPSA) is 75.1 Å². The van der Waals surface area contributed by atoms with Gasteiger partial charge in [0.25, 0.3) is 0 Å². The molecule has 0 saturated carbocycles. The first kappa shape index (κ1) is 8.09. The molecule has 1 aromatic heterocycles. The van der Waals surface area contributed by atoms with Gasteiger partial charge in [0.05, 0.1) is 4.47 Å².